The van der Waals surface area contributed by atoms with Gasteiger partial charge in [0.25, 0.3) is 5.91 Å². The second kappa shape index (κ2) is 8.22. The lowest BCUT2D eigenvalue weighted by atomic mass is 9.99. The molecule has 2 heterocycles. The van der Waals surface area contributed by atoms with Crippen LogP contribution in [-0.4, -0.2) is 41.4 Å². The number of carbonyl (C=O) groups is 2. The Hall–Kier alpha value is -3.28. The van der Waals surface area contributed by atoms with E-state index in [4.69, 9.17) is 4.74 Å². The molecule has 0 saturated carbocycles. The second-order valence-electron chi connectivity index (χ2n) is 8.06. The fraction of sp³-hybridized carbons (Fsp3) is 0.333. The summed E-state index contributed by atoms with van der Waals surface area (Å²) in [6.07, 6.45) is 0.759. The maximum atomic E-state index is 13.4. The van der Waals surface area contributed by atoms with Crippen LogP contribution in [0.2, 0.25) is 0 Å². The number of amides is 2. The minimum atomic E-state index is -0.570. The summed E-state index contributed by atoms with van der Waals surface area (Å²) >= 11 is 0. The van der Waals surface area contributed by atoms with Crippen LogP contribution in [0.3, 0.4) is 0 Å². The molecule has 2 N–H and O–H groups in total. The zero-order valence-electron chi connectivity index (χ0n) is 17.6. The second-order valence-corrected chi connectivity index (χ2v) is 8.06. The minimum Gasteiger partial charge on any atom is -0.497 e. The van der Waals surface area contributed by atoms with E-state index in [1.807, 2.05) is 55.1 Å². The van der Waals surface area contributed by atoms with E-state index in [0.29, 0.717) is 18.7 Å². The van der Waals surface area contributed by atoms with E-state index in [2.05, 4.69) is 10.3 Å². The van der Waals surface area contributed by atoms with Gasteiger partial charge in [0.15, 0.2) is 0 Å². The number of aromatic amines is 1. The number of hydrogen-bond donors (Lipinski definition) is 2. The highest BCUT2D eigenvalue weighted by Crippen LogP contribution is 2.31. The average Bonchev–Trinajstić information content (AvgIpc) is 3.14. The van der Waals surface area contributed by atoms with Gasteiger partial charge in [0.2, 0.25) is 5.91 Å². The Labute approximate surface area is 176 Å². The number of nitrogens with one attached hydrogen (secondary N) is 2. The van der Waals surface area contributed by atoms with Crippen molar-refractivity contribution in [2.24, 2.45) is 5.92 Å². The number of rotatable bonds is 5. The van der Waals surface area contributed by atoms with Crippen molar-refractivity contribution in [3.05, 3.63) is 65.4 Å². The highest BCUT2D eigenvalue weighted by Gasteiger charge is 2.32. The van der Waals surface area contributed by atoms with E-state index in [0.717, 1.165) is 34.3 Å². The third kappa shape index (κ3) is 3.77. The van der Waals surface area contributed by atoms with Gasteiger partial charge in [-0.25, -0.2) is 0 Å². The molecule has 2 aromatic carbocycles. The first-order valence-electron chi connectivity index (χ1n) is 10.3. The molecule has 30 heavy (non-hydrogen) atoms. The van der Waals surface area contributed by atoms with Gasteiger partial charge in [-0.15, -0.1) is 0 Å². The molecule has 0 saturated heterocycles. The maximum absolute atomic E-state index is 13.4. The first kappa shape index (κ1) is 20.0. The summed E-state index contributed by atoms with van der Waals surface area (Å²) in [4.78, 5) is 31.3. The molecule has 1 aliphatic rings. The molecule has 0 unspecified atom stereocenters. The summed E-state index contributed by atoms with van der Waals surface area (Å²) in [5, 5.41) is 4.02. The smallest absolute Gasteiger partial charge is 0.251 e. The molecule has 0 spiro atoms. The van der Waals surface area contributed by atoms with Gasteiger partial charge in [0, 0.05) is 47.2 Å². The van der Waals surface area contributed by atoms with Crippen LogP contribution in [-0.2, 0) is 17.8 Å². The average molecular weight is 405 g/mol. The van der Waals surface area contributed by atoms with Crippen molar-refractivity contribution in [3.8, 4) is 5.75 Å². The number of carbonyl (C=O) groups excluding carboxylic acids is 2. The number of hydrogen-bond acceptors (Lipinski definition) is 3. The number of ether oxygens (including phenoxy) is 1. The molecule has 0 bridgehead atoms. The van der Waals surface area contributed by atoms with Crippen molar-refractivity contribution in [1.82, 2.24) is 15.2 Å². The maximum Gasteiger partial charge on any atom is 0.251 e. The fourth-order valence-corrected chi connectivity index (χ4v) is 4.03. The lowest BCUT2D eigenvalue weighted by molar-refractivity contribution is -0.135. The summed E-state index contributed by atoms with van der Waals surface area (Å²) in [6.45, 7) is 5.06. The summed E-state index contributed by atoms with van der Waals surface area (Å²) in [5.41, 5.74) is 3.89. The molecule has 0 fully saturated rings. The number of H-pyrrole nitrogens is 1. The molecule has 1 aromatic heterocycles. The van der Waals surface area contributed by atoms with E-state index >= 15 is 0 Å². The molecule has 0 aliphatic carbocycles. The van der Waals surface area contributed by atoms with Crippen LogP contribution in [0.15, 0.2) is 48.5 Å². The van der Waals surface area contributed by atoms with Crippen LogP contribution >= 0.6 is 0 Å². The summed E-state index contributed by atoms with van der Waals surface area (Å²) < 4.78 is 5.37. The van der Waals surface area contributed by atoms with Crippen LogP contribution in [0.5, 0.6) is 5.75 Å². The highest BCUT2D eigenvalue weighted by molar-refractivity contribution is 5.97. The molecular formula is C24H27N3O3. The topological polar surface area (TPSA) is 74.4 Å². The minimum absolute atomic E-state index is 0.0189. The first-order chi connectivity index (χ1) is 14.5. The summed E-state index contributed by atoms with van der Waals surface area (Å²) in [7, 11) is 1.65. The molecule has 0 radical (unpaired) electrons. The lowest BCUT2D eigenvalue weighted by Gasteiger charge is -2.32. The van der Waals surface area contributed by atoms with Crippen molar-refractivity contribution in [2.75, 3.05) is 13.7 Å². The zero-order valence-corrected chi connectivity index (χ0v) is 17.6. The van der Waals surface area contributed by atoms with Crippen molar-refractivity contribution in [1.29, 1.82) is 0 Å². The fourth-order valence-electron chi connectivity index (χ4n) is 4.03. The zero-order chi connectivity index (χ0) is 21.3. The van der Waals surface area contributed by atoms with Crippen LogP contribution < -0.4 is 10.1 Å². The quantitative estimate of drug-likeness (QED) is 0.682. The third-order valence-electron chi connectivity index (χ3n) is 5.75. The molecule has 6 heteroatoms. The van der Waals surface area contributed by atoms with Crippen molar-refractivity contribution >= 4 is 22.7 Å². The Balaban J connectivity index is 1.56. The molecule has 6 nitrogen and oxygen atoms in total. The number of methoxy groups -OCH3 is 1. The van der Waals surface area contributed by atoms with E-state index in [1.165, 1.54) is 0 Å². The van der Waals surface area contributed by atoms with Crippen molar-refractivity contribution < 1.29 is 14.3 Å². The SMILES string of the molecule is COc1ccc2[nH]c3c(c2c1)CN(C(=O)[C@@H](NC(=O)c1ccccc1)C(C)C)CC3. The molecule has 4 rings (SSSR count). The number of benzene rings is 2. The van der Waals surface area contributed by atoms with Crippen LogP contribution in [0, 0.1) is 5.92 Å². The Bertz CT molecular complexity index is 1070. The van der Waals surface area contributed by atoms with Gasteiger partial charge in [-0.2, -0.15) is 0 Å². The van der Waals surface area contributed by atoms with Gasteiger partial charge in [0.1, 0.15) is 11.8 Å². The highest BCUT2D eigenvalue weighted by atomic mass is 16.5. The van der Waals surface area contributed by atoms with Gasteiger partial charge in [-0.3, -0.25) is 9.59 Å². The van der Waals surface area contributed by atoms with Crippen LogP contribution in [0.25, 0.3) is 10.9 Å². The van der Waals surface area contributed by atoms with Gasteiger partial charge in [-0.05, 0) is 36.2 Å². The number of nitrogens with zero attached hydrogens (tertiary/aromatic N) is 1. The molecule has 156 valence electrons. The van der Waals surface area contributed by atoms with Crippen molar-refractivity contribution in [3.63, 3.8) is 0 Å². The third-order valence-corrected chi connectivity index (χ3v) is 5.75. The molecule has 1 atom stereocenters. The largest absolute Gasteiger partial charge is 0.497 e. The lowest BCUT2D eigenvalue weighted by Crippen LogP contribution is -2.52. The van der Waals surface area contributed by atoms with Gasteiger partial charge in [-0.1, -0.05) is 32.0 Å². The van der Waals surface area contributed by atoms with Gasteiger partial charge >= 0.3 is 0 Å². The van der Waals surface area contributed by atoms with E-state index < -0.39 is 6.04 Å². The predicted molar refractivity (Wildman–Crippen MR) is 117 cm³/mol. The van der Waals surface area contributed by atoms with Gasteiger partial charge < -0.3 is 19.9 Å². The van der Waals surface area contributed by atoms with Crippen molar-refractivity contribution in [2.45, 2.75) is 32.9 Å². The summed E-state index contributed by atoms with van der Waals surface area (Å²) in [6, 6.07) is 14.4. The van der Waals surface area contributed by atoms with E-state index in [9.17, 15) is 9.59 Å². The van der Waals surface area contributed by atoms with Crippen LogP contribution in [0.1, 0.15) is 35.5 Å². The van der Waals surface area contributed by atoms with Crippen LogP contribution in [0.4, 0.5) is 0 Å². The standard InChI is InChI=1S/C24H27N3O3/c1-15(2)22(26-23(28)16-7-5-4-6-8-16)24(29)27-12-11-21-19(14-27)18-13-17(30-3)9-10-20(18)25-21/h4-10,13,15,22,25H,11-12,14H2,1-3H3,(H,26,28)/t22-/m0/s1. The molecule has 1 aliphatic heterocycles. The molecule has 2 amide bonds. The molecule has 3 aromatic rings. The molecular weight excluding hydrogens is 378 g/mol. The Morgan fingerprint density at radius 3 is 2.60 bits per heavy atom. The first-order valence-corrected chi connectivity index (χ1v) is 10.3. The Morgan fingerprint density at radius 2 is 1.90 bits per heavy atom. The van der Waals surface area contributed by atoms with E-state index in [1.54, 1.807) is 19.2 Å². The van der Waals surface area contributed by atoms with Gasteiger partial charge in [0.05, 0.1) is 7.11 Å². The van der Waals surface area contributed by atoms with E-state index in [-0.39, 0.29) is 17.7 Å². The normalized spacial score (nSPS) is 14.5. The summed E-state index contributed by atoms with van der Waals surface area (Å²) in [5.74, 6) is 0.506. The Morgan fingerprint density at radius 1 is 1.13 bits per heavy atom. The monoisotopic (exact) mass is 405 g/mol. The number of fused-ring (bicyclic) bond motifs is 3. The Kier molecular flexibility index (Phi) is 5.48. The predicted octanol–water partition coefficient (Wildman–Crippen LogP) is 3.52. The number of aromatic nitrogens is 1.